The van der Waals surface area contributed by atoms with Crippen molar-refractivity contribution in [3.63, 3.8) is 0 Å². The summed E-state index contributed by atoms with van der Waals surface area (Å²) >= 11 is 1.76. The maximum Gasteiger partial charge on any atom is 0.0684 e. The van der Waals surface area contributed by atoms with Crippen LogP contribution in [0.25, 0.3) is 10.8 Å². The molecule has 0 aliphatic rings. The molecule has 3 rings (SSSR count). The Hall–Kier alpha value is -1.64. The van der Waals surface area contributed by atoms with E-state index in [1.807, 2.05) is 6.07 Å². The maximum absolute atomic E-state index is 9.51. The molecular formula is C16H14OS. The molecule has 2 heteroatoms. The van der Waals surface area contributed by atoms with Gasteiger partial charge in [0.2, 0.25) is 0 Å². The predicted molar refractivity (Wildman–Crippen MR) is 77.0 cm³/mol. The molecule has 0 saturated heterocycles. The minimum atomic E-state index is 0.103. The summed E-state index contributed by atoms with van der Waals surface area (Å²) in [5, 5.41) is 14.0. The van der Waals surface area contributed by atoms with Gasteiger partial charge in [-0.3, -0.25) is 0 Å². The monoisotopic (exact) mass is 254 g/mol. The molecule has 1 nitrogen and oxygen atoms in total. The first-order valence-electron chi connectivity index (χ1n) is 6.00. The average molecular weight is 254 g/mol. The molecule has 90 valence electrons. The van der Waals surface area contributed by atoms with Crippen molar-refractivity contribution >= 4 is 22.1 Å². The highest BCUT2D eigenvalue weighted by Crippen LogP contribution is 2.24. The lowest BCUT2D eigenvalue weighted by atomic mass is 9.99. The zero-order chi connectivity index (χ0) is 12.4. The van der Waals surface area contributed by atoms with Gasteiger partial charge in [0.1, 0.15) is 0 Å². The van der Waals surface area contributed by atoms with E-state index in [0.29, 0.717) is 0 Å². The van der Waals surface area contributed by atoms with Crippen molar-refractivity contribution in [3.8, 4) is 0 Å². The minimum absolute atomic E-state index is 0.103. The van der Waals surface area contributed by atoms with Gasteiger partial charge in [0.25, 0.3) is 0 Å². The van der Waals surface area contributed by atoms with Gasteiger partial charge in [-0.05, 0) is 39.4 Å². The third-order valence-electron chi connectivity index (χ3n) is 3.18. The molecule has 0 bridgehead atoms. The van der Waals surface area contributed by atoms with Crippen molar-refractivity contribution in [1.82, 2.24) is 0 Å². The van der Waals surface area contributed by atoms with E-state index in [0.717, 1.165) is 12.0 Å². The molecular weight excluding hydrogens is 240 g/mol. The highest BCUT2D eigenvalue weighted by Gasteiger charge is 2.06. The molecule has 0 spiro atoms. The van der Waals surface area contributed by atoms with Crippen LogP contribution < -0.4 is 0 Å². The number of aliphatic hydroxyl groups is 1. The van der Waals surface area contributed by atoms with Crippen molar-refractivity contribution in [2.75, 3.05) is 0 Å². The summed E-state index contributed by atoms with van der Waals surface area (Å²) in [7, 11) is 0. The van der Waals surface area contributed by atoms with Crippen LogP contribution in [0.3, 0.4) is 0 Å². The van der Waals surface area contributed by atoms with Gasteiger partial charge in [0.15, 0.2) is 0 Å². The molecule has 0 saturated carbocycles. The van der Waals surface area contributed by atoms with Gasteiger partial charge >= 0.3 is 0 Å². The molecule has 3 aromatic rings. The Labute approximate surface area is 110 Å². The highest BCUT2D eigenvalue weighted by molar-refractivity contribution is 7.09. The van der Waals surface area contributed by atoms with Gasteiger partial charge in [-0.2, -0.15) is 0 Å². The van der Waals surface area contributed by atoms with Crippen LogP contribution in [0.15, 0.2) is 53.9 Å². The number of hydrogen-bond acceptors (Lipinski definition) is 2. The van der Waals surface area contributed by atoms with E-state index in [1.165, 1.54) is 21.2 Å². The van der Waals surface area contributed by atoms with Crippen LogP contribution >= 0.6 is 11.3 Å². The van der Waals surface area contributed by atoms with Gasteiger partial charge < -0.3 is 5.11 Å². The smallest absolute Gasteiger partial charge is 0.0684 e. The highest BCUT2D eigenvalue weighted by atomic mass is 32.1. The van der Waals surface area contributed by atoms with Gasteiger partial charge in [0, 0.05) is 11.3 Å². The summed E-state index contributed by atoms with van der Waals surface area (Å²) in [5.41, 5.74) is 2.25. The molecule has 1 N–H and O–H groups in total. The van der Waals surface area contributed by atoms with Crippen molar-refractivity contribution < 1.29 is 5.11 Å². The lowest BCUT2D eigenvalue weighted by Gasteiger charge is -2.09. The fourth-order valence-corrected chi connectivity index (χ4v) is 2.98. The fraction of sp³-hybridized carbons (Fsp3) is 0.125. The number of fused-ring (bicyclic) bond motifs is 1. The molecule has 2 aromatic carbocycles. The Morgan fingerprint density at radius 2 is 1.61 bits per heavy atom. The summed E-state index contributed by atoms with van der Waals surface area (Å²) < 4.78 is 0. The summed E-state index contributed by atoms with van der Waals surface area (Å²) in [6.45, 7) is 0.103. The second-order valence-electron chi connectivity index (χ2n) is 4.38. The lowest BCUT2D eigenvalue weighted by Crippen LogP contribution is -1.95. The average Bonchev–Trinajstić information content (AvgIpc) is 2.91. The van der Waals surface area contributed by atoms with Crippen LogP contribution in [0.2, 0.25) is 0 Å². The van der Waals surface area contributed by atoms with E-state index in [4.69, 9.17) is 0 Å². The Balaban J connectivity index is 2.09. The number of thiophene rings is 1. The molecule has 18 heavy (non-hydrogen) atoms. The molecule has 1 heterocycles. The van der Waals surface area contributed by atoms with Gasteiger partial charge in [0.05, 0.1) is 6.61 Å². The number of rotatable bonds is 3. The quantitative estimate of drug-likeness (QED) is 0.749. The van der Waals surface area contributed by atoms with E-state index in [1.54, 1.807) is 11.3 Å². The van der Waals surface area contributed by atoms with Crippen LogP contribution in [0.5, 0.6) is 0 Å². The first-order valence-corrected chi connectivity index (χ1v) is 6.88. The second-order valence-corrected chi connectivity index (χ2v) is 5.41. The Morgan fingerprint density at radius 1 is 0.889 bits per heavy atom. The fourth-order valence-electron chi connectivity index (χ4n) is 2.25. The first-order chi connectivity index (χ1) is 8.86. The summed E-state index contributed by atoms with van der Waals surface area (Å²) in [5.74, 6) is 0. The first kappa shape index (κ1) is 11.5. The molecule has 0 amide bonds. The van der Waals surface area contributed by atoms with Crippen LogP contribution in [0.4, 0.5) is 0 Å². The normalized spacial score (nSPS) is 10.9. The SMILES string of the molecule is OCc1cc2ccccc2cc1Cc1cccs1. The van der Waals surface area contributed by atoms with Crippen molar-refractivity contribution in [3.05, 3.63) is 69.9 Å². The van der Waals surface area contributed by atoms with Crippen LogP contribution in [-0.2, 0) is 13.0 Å². The zero-order valence-electron chi connectivity index (χ0n) is 9.97. The summed E-state index contributed by atoms with van der Waals surface area (Å²) in [4.78, 5) is 1.33. The van der Waals surface area contributed by atoms with E-state index in [2.05, 4.69) is 47.8 Å². The molecule has 0 fully saturated rings. The van der Waals surface area contributed by atoms with E-state index in [-0.39, 0.29) is 6.61 Å². The predicted octanol–water partition coefficient (Wildman–Crippen LogP) is 3.98. The Bertz CT molecular complexity index is 656. The minimum Gasteiger partial charge on any atom is -0.392 e. The third kappa shape index (κ3) is 2.17. The van der Waals surface area contributed by atoms with Gasteiger partial charge in [-0.25, -0.2) is 0 Å². The van der Waals surface area contributed by atoms with E-state index in [9.17, 15) is 5.11 Å². The van der Waals surface area contributed by atoms with Gasteiger partial charge in [-0.1, -0.05) is 36.4 Å². The molecule has 0 atom stereocenters. The van der Waals surface area contributed by atoms with Crippen LogP contribution in [0.1, 0.15) is 16.0 Å². The van der Waals surface area contributed by atoms with Crippen molar-refractivity contribution in [1.29, 1.82) is 0 Å². The Kier molecular flexibility index (Phi) is 3.13. The maximum atomic E-state index is 9.51. The zero-order valence-corrected chi connectivity index (χ0v) is 10.8. The molecule has 0 aliphatic carbocycles. The molecule has 0 unspecified atom stereocenters. The molecule has 1 aromatic heterocycles. The van der Waals surface area contributed by atoms with Crippen molar-refractivity contribution in [2.24, 2.45) is 0 Å². The van der Waals surface area contributed by atoms with Crippen LogP contribution in [-0.4, -0.2) is 5.11 Å². The standard InChI is InChI=1S/C16H14OS/c17-11-15-9-13-5-2-1-4-12(13)8-14(15)10-16-6-3-7-18-16/h1-9,17H,10-11H2. The number of aliphatic hydroxyl groups excluding tert-OH is 1. The summed E-state index contributed by atoms with van der Waals surface area (Å²) in [6.07, 6.45) is 0.901. The van der Waals surface area contributed by atoms with E-state index >= 15 is 0 Å². The lowest BCUT2D eigenvalue weighted by molar-refractivity contribution is 0.281. The second kappa shape index (κ2) is 4.92. The Morgan fingerprint density at radius 3 is 2.22 bits per heavy atom. The number of hydrogen-bond donors (Lipinski definition) is 1. The topological polar surface area (TPSA) is 20.2 Å². The van der Waals surface area contributed by atoms with E-state index < -0.39 is 0 Å². The largest absolute Gasteiger partial charge is 0.392 e. The van der Waals surface area contributed by atoms with Crippen molar-refractivity contribution in [2.45, 2.75) is 13.0 Å². The third-order valence-corrected chi connectivity index (χ3v) is 4.06. The molecule has 0 radical (unpaired) electrons. The summed E-state index contributed by atoms with van der Waals surface area (Å²) in [6, 6.07) is 16.8. The van der Waals surface area contributed by atoms with Crippen LogP contribution in [0, 0.1) is 0 Å². The number of benzene rings is 2. The van der Waals surface area contributed by atoms with Gasteiger partial charge in [-0.15, -0.1) is 11.3 Å². The molecule has 0 aliphatic heterocycles.